The van der Waals surface area contributed by atoms with Crippen LogP contribution in [0.1, 0.15) is 19.8 Å². The molecule has 0 unspecified atom stereocenters. The molecule has 0 amide bonds. The third-order valence-electron chi connectivity index (χ3n) is 3.22. The van der Waals surface area contributed by atoms with Gasteiger partial charge in [0.05, 0.1) is 10.2 Å². The largest absolute Gasteiger partial charge is 0.244 e. The zero-order valence-corrected chi connectivity index (χ0v) is 11.6. The van der Waals surface area contributed by atoms with Crippen LogP contribution in [0.15, 0.2) is 28.6 Å². The first-order valence-corrected chi connectivity index (χ1v) is 7.69. The molecule has 2 aromatic rings. The Labute approximate surface area is 110 Å². The van der Waals surface area contributed by atoms with Gasteiger partial charge in [0, 0.05) is 13.1 Å². The van der Waals surface area contributed by atoms with Crippen LogP contribution in [0.25, 0.3) is 10.2 Å². The zero-order valence-electron chi connectivity index (χ0n) is 9.93. The van der Waals surface area contributed by atoms with Crippen LogP contribution in [0.2, 0.25) is 0 Å². The summed E-state index contributed by atoms with van der Waals surface area (Å²) < 4.78 is 4.93. The van der Waals surface area contributed by atoms with E-state index in [0.29, 0.717) is 0 Å². The molecule has 3 rings (SSSR count). The molecule has 1 aromatic heterocycles. The Bertz CT molecular complexity index is 468. The highest BCUT2D eigenvalue weighted by Gasteiger charge is 2.17. The van der Waals surface area contributed by atoms with E-state index < -0.39 is 0 Å². The number of fused-ring (bicyclic) bond motifs is 1. The van der Waals surface area contributed by atoms with E-state index in [1.807, 2.05) is 11.9 Å². The van der Waals surface area contributed by atoms with E-state index >= 15 is 0 Å². The Hall–Kier alpha value is -0.580. The smallest absolute Gasteiger partial charge is 0.166 e. The Kier molecular flexibility index (Phi) is 3.36. The van der Waals surface area contributed by atoms with Gasteiger partial charge >= 0.3 is 0 Å². The van der Waals surface area contributed by atoms with Gasteiger partial charge in [-0.1, -0.05) is 19.1 Å². The lowest BCUT2D eigenvalue weighted by molar-refractivity contribution is 0.308. The van der Waals surface area contributed by atoms with Crippen molar-refractivity contribution in [2.24, 2.45) is 5.92 Å². The molecule has 1 aliphatic heterocycles. The lowest BCUT2D eigenvalue weighted by Crippen LogP contribution is -2.27. The maximum absolute atomic E-state index is 4.67. The molecule has 1 saturated heterocycles. The summed E-state index contributed by atoms with van der Waals surface area (Å²) in [6.45, 7) is 4.74. The molecule has 0 saturated carbocycles. The second kappa shape index (κ2) is 4.96. The molecule has 0 spiro atoms. The number of benzene rings is 1. The van der Waals surface area contributed by atoms with Gasteiger partial charge in [-0.25, -0.2) is 9.29 Å². The standard InChI is InChI=1S/C13H16N2S2/c1-10-6-8-15(9-7-10)17-13-14-11-4-2-3-5-12(11)16-13/h2-5,10H,6-9H2,1H3. The number of rotatable bonds is 2. The van der Waals surface area contributed by atoms with Crippen molar-refractivity contribution >= 4 is 33.5 Å². The Morgan fingerprint density at radius 2 is 2.06 bits per heavy atom. The molecule has 90 valence electrons. The highest BCUT2D eigenvalue weighted by atomic mass is 32.2. The summed E-state index contributed by atoms with van der Waals surface area (Å²) in [7, 11) is 0. The van der Waals surface area contributed by atoms with Gasteiger partial charge in [0.2, 0.25) is 0 Å². The van der Waals surface area contributed by atoms with Gasteiger partial charge in [-0.05, 0) is 42.8 Å². The van der Waals surface area contributed by atoms with Crippen molar-refractivity contribution in [2.75, 3.05) is 13.1 Å². The third kappa shape index (κ3) is 2.64. The fourth-order valence-corrected chi connectivity index (χ4v) is 4.26. The lowest BCUT2D eigenvalue weighted by Gasteiger charge is -2.27. The molecule has 2 heterocycles. The number of hydrogen-bond donors (Lipinski definition) is 0. The minimum atomic E-state index is 0.891. The molecule has 0 atom stereocenters. The zero-order chi connectivity index (χ0) is 11.7. The average Bonchev–Trinajstić information content (AvgIpc) is 2.74. The van der Waals surface area contributed by atoms with Crippen molar-refractivity contribution in [3.63, 3.8) is 0 Å². The molecule has 1 aromatic carbocycles. The van der Waals surface area contributed by atoms with E-state index in [-0.39, 0.29) is 0 Å². The van der Waals surface area contributed by atoms with Crippen LogP contribution in [-0.4, -0.2) is 22.4 Å². The Morgan fingerprint density at radius 1 is 1.29 bits per heavy atom. The van der Waals surface area contributed by atoms with Crippen molar-refractivity contribution in [3.8, 4) is 0 Å². The van der Waals surface area contributed by atoms with Crippen LogP contribution in [0.3, 0.4) is 0 Å². The summed E-state index contributed by atoms with van der Waals surface area (Å²) in [5.41, 5.74) is 1.13. The Morgan fingerprint density at radius 3 is 2.82 bits per heavy atom. The SMILES string of the molecule is CC1CCN(Sc2nc3ccccc3s2)CC1. The Balaban J connectivity index is 1.72. The molecular weight excluding hydrogens is 248 g/mol. The molecule has 1 fully saturated rings. The number of piperidine rings is 1. The van der Waals surface area contributed by atoms with Crippen molar-refractivity contribution in [3.05, 3.63) is 24.3 Å². The second-order valence-electron chi connectivity index (χ2n) is 4.65. The average molecular weight is 264 g/mol. The first-order valence-electron chi connectivity index (χ1n) is 6.10. The van der Waals surface area contributed by atoms with Gasteiger partial charge in [0.15, 0.2) is 4.34 Å². The minimum absolute atomic E-state index is 0.891. The third-order valence-corrected chi connectivity index (χ3v) is 5.40. The normalized spacial score (nSPS) is 18.9. The summed E-state index contributed by atoms with van der Waals surface area (Å²) in [5, 5.41) is 0. The molecule has 2 nitrogen and oxygen atoms in total. The molecule has 4 heteroatoms. The van der Waals surface area contributed by atoms with E-state index in [9.17, 15) is 0 Å². The predicted octanol–water partition coefficient (Wildman–Crippen LogP) is 4.04. The first-order chi connectivity index (χ1) is 8.31. The van der Waals surface area contributed by atoms with Crippen molar-refractivity contribution in [2.45, 2.75) is 24.1 Å². The van der Waals surface area contributed by atoms with Crippen molar-refractivity contribution in [1.29, 1.82) is 0 Å². The van der Waals surface area contributed by atoms with Gasteiger partial charge in [0.25, 0.3) is 0 Å². The van der Waals surface area contributed by atoms with Crippen molar-refractivity contribution in [1.82, 2.24) is 9.29 Å². The number of aromatic nitrogens is 1. The fraction of sp³-hybridized carbons (Fsp3) is 0.462. The maximum atomic E-state index is 4.67. The number of hydrogen-bond acceptors (Lipinski definition) is 4. The molecule has 0 radical (unpaired) electrons. The summed E-state index contributed by atoms with van der Waals surface area (Å²) in [5.74, 6) is 0.891. The maximum Gasteiger partial charge on any atom is 0.166 e. The second-order valence-corrected chi connectivity index (χ2v) is 7.03. The molecule has 17 heavy (non-hydrogen) atoms. The summed E-state index contributed by atoms with van der Waals surface area (Å²) in [6, 6.07) is 8.38. The van der Waals surface area contributed by atoms with Crippen molar-refractivity contribution < 1.29 is 0 Å². The summed E-state index contributed by atoms with van der Waals surface area (Å²) in [6.07, 6.45) is 2.63. The van der Waals surface area contributed by atoms with Crippen LogP contribution in [0.4, 0.5) is 0 Å². The molecule has 0 bridgehead atoms. The summed E-state index contributed by atoms with van der Waals surface area (Å²) >= 11 is 3.63. The number of nitrogens with zero attached hydrogens (tertiary/aromatic N) is 2. The number of thiazole rings is 1. The van der Waals surface area contributed by atoms with E-state index in [4.69, 9.17) is 0 Å². The van der Waals surface area contributed by atoms with Gasteiger partial charge in [-0.2, -0.15) is 0 Å². The molecule has 0 N–H and O–H groups in total. The predicted molar refractivity (Wildman–Crippen MR) is 75.4 cm³/mol. The number of para-hydroxylation sites is 1. The molecule has 0 aliphatic carbocycles. The van der Waals surface area contributed by atoms with E-state index in [1.165, 1.54) is 35.0 Å². The van der Waals surface area contributed by atoms with Crippen LogP contribution >= 0.6 is 23.3 Å². The van der Waals surface area contributed by atoms with E-state index in [1.54, 1.807) is 11.3 Å². The van der Waals surface area contributed by atoms with Gasteiger partial charge in [-0.15, -0.1) is 11.3 Å². The monoisotopic (exact) mass is 264 g/mol. The van der Waals surface area contributed by atoms with Crippen LogP contribution in [0.5, 0.6) is 0 Å². The van der Waals surface area contributed by atoms with Gasteiger partial charge in [0.1, 0.15) is 0 Å². The summed E-state index contributed by atoms with van der Waals surface area (Å²) in [4.78, 5) is 4.67. The van der Waals surface area contributed by atoms with E-state index in [0.717, 1.165) is 11.4 Å². The topological polar surface area (TPSA) is 16.1 Å². The quantitative estimate of drug-likeness (QED) is 0.762. The fourth-order valence-electron chi connectivity index (χ4n) is 2.08. The highest BCUT2D eigenvalue weighted by Crippen LogP contribution is 2.33. The van der Waals surface area contributed by atoms with Gasteiger partial charge in [-0.3, -0.25) is 0 Å². The highest BCUT2D eigenvalue weighted by molar-refractivity contribution is 7.98. The van der Waals surface area contributed by atoms with Crippen LogP contribution < -0.4 is 0 Å². The lowest BCUT2D eigenvalue weighted by atomic mass is 10.0. The van der Waals surface area contributed by atoms with Gasteiger partial charge < -0.3 is 0 Å². The van der Waals surface area contributed by atoms with Crippen LogP contribution in [-0.2, 0) is 0 Å². The molecular formula is C13H16N2S2. The first kappa shape index (κ1) is 11.5. The molecule has 1 aliphatic rings. The van der Waals surface area contributed by atoms with Crippen LogP contribution in [0, 0.1) is 5.92 Å². The van der Waals surface area contributed by atoms with E-state index in [2.05, 4.69) is 40.5 Å². The minimum Gasteiger partial charge on any atom is -0.244 e.